The highest BCUT2D eigenvalue weighted by Gasteiger charge is 2.35. The highest BCUT2D eigenvalue weighted by atomic mass is 32.1. The second-order valence-corrected chi connectivity index (χ2v) is 5.94. The van der Waals surface area contributed by atoms with Gasteiger partial charge in [-0.25, -0.2) is 4.79 Å². The van der Waals surface area contributed by atoms with Crippen LogP contribution in [0.25, 0.3) is 10.1 Å². The minimum Gasteiger partial charge on any atom is -0.461 e. The Balaban J connectivity index is 1.75. The summed E-state index contributed by atoms with van der Waals surface area (Å²) in [4.78, 5) is 12.1. The summed E-state index contributed by atoms with van der Waals surface area (Å²) >= 11 is 1.57. The number of hydrogen-bond acceptors (Lipinski definition) is 4. The van der Waals surface area contributed by atoms with Crippen molar-refractivity contribution in [3.8, 4) is 0 Å². The summed E-state index contributed by atoms with van der Waals surface area (Å²) in [6.07, 6.45) is 0. The molecule has 1 aliphatic heterocycles. The molecule has 2 aromatic rings. The molecule has 1 fully saturated rings. The van der Waals surface area contributed by atoms with Crippen LogP contribution in [0.2, 0.25) is 0 Å². The van der Waals surface area contributed by atoms with Gasteiger partial charge in [-0.15, -0.1) is 11.3 Å². The normalized spacial score (nSPS) is 17.4. The molecule has 0 spiro atoms. The van der Waals surface area contributed by atoms with Crippen LogP contribution in [0.3, 0.4) is 0 Å². The van der Waals surface area contributed by atoms with E-state index in [1.807, 2.05) is 29.6 Å². The second kappa shape index (κ2) is 4.37. The predicted molar refractivity (Wildman–Crippen MR) is 71.0 cm³/mol. The number of thiophene rings is 1. The number of rotatable bonds is 3. The molecule has 0 N–H and O–H groups in total. The molecule has 1 aromatic carbocycles. The van der Waals surface area contributed by atoms with Gasteiger partial charge in [-0.1, -0.05) is 25.1 Å². The van der Waals surface area contributed by atoms with Crippen LogP contribution in [0, 0.1) is 5.41 Å². The van der Waals surface area contributed by atoms with Gasteiger partial charge in [-0.2, -0.15) is 0 Å². The quantitative estimate of drug-likeness (QED) is 0.797. The van der Waals surface area contributed by atoms with E-state index in [0.29, 0.717) is 25.4 Å². The Morgan fingerprint density at radius 1 is 1.44 bits per heavy atom. The first-order valence-electron chi connectivity index (χ1n) is 5.89. The molecule has 1 saturated heterocycles. The standard InChI is InChI=1S/C14H14O3S/c1-14(7-16-8-14)9-17-13(15)11-6-18-12-5-3-2-4-10(11)12/h2-6H,7-9H2,1H3. The van der Waals surface area contributed by atoms with Crippen molar-refractivity contribution >= 4 is 27.4 Å². The molecule has 3 rings (SSSR count). The number of hydrogen-bond donors (Lipinski definition) is 0. The lowest BCUT2D eigenvalue weighted by atomic mass is 9.90. The molecular formula is C14H14O3S. The fraction of sp³-hybridized carbons (Fsp3) is 0.357. The summed E-state index contributed by atoms with van der Waals surface area (Å²) in [5.41, 5.74) is 0.668. The SMILES string of the molecule is CC1(COC(=O)c2csc3ccccc23)COC1. The highest BCUT2D eigenvalue weighted by Crippen LogP contribution is 2.29. The molecule has 1 aliphatic rings. The van der Waals surface area contributed by atoms with E-state index in [-0.39, 0.29) is 11.4 Å². The van der Waals surface area contributed by atoms with E-state index in [9.17, 15) is 4.79 Å². The van der Waals surface area contributed by atoms with Gasteiger partial charge >= 0.3 is 5.97 Å². The van der Waals surface area contributed by atoms with Crippen molar-refractivity contribution in [2.45, 2.75) is 6.92 Å². The van der Waals surface area contributed by atoms with E-state index >= 15 is 0 Å². The molecule has 0 amide bonds. The van der Waals surface area contributed by atoms with Gasteiger partial charge in [0.1, 0.15) is 6.61 Å². The number of carbonyl (C=O) groups is 1. The van der Waals surface area contributed by atoms with Crippen LogP contribution in [0.5, 0.6) is 0 Å². The number of ether oxygens (including phenoxy) is 2. The van der Waals surface area contributed by atoms with E-state index in [2.05, 4.69) is 6.92 Å². The fourth-order valence-electron chi connectivity index (χ4n) is 1.99. The summed E-state index contributed by atoms with van der Waals surface area (Å²) in [5, 5.41) is 2.84. The largest absolute Gasteiger partial charge is 0.461 e. The third-order valence-electron chi connectivity index (χ3n) is 3.15. The monoisotopic (exact) mass is 262 g/mol. The molecule has 2 heterocycles. The Hall–Kier alpha value is -1.39. The third-order valence-corrected chi connectivity index (χ3v) is 4.12. The number of fused-ring (bicyclic) bond motifs is 1. The van der Waals surface area contributed by atoms with Crippen molar-refractivity contribution < 1.29 is 14.3 Å². The molecule has 0 bridgehead atoms. The zero-order valence-electron chi connectivity index (χ0n) is 10.1. The van der Waals surface area contributed by atoms with Crippen molar-refractivity contribution in [2.75, 3.05) is 19.8 Å². The highest BCUT2D eigenvalue weighted by molar-refractivity contribution is 7.17. The van der Waals surface area contributed by atoms with Gasteiger partial charge in [0.15, 0.2) is 0 Å². The van der Waals surface area contributed by atoms with Crippen LogP contribution in [0.1, 0.15) is 17.3 Å². The lowest BCUT2D eigenvalue weighted by Gasteiger charge is -2.37. The van der Waals surface area contributed by atoms with Gasteiger partial charge < -0.3 is 9.47 Å². The third kappa shape index (κ3) is 2.02. The molecule has 1 aromatic heterocycles. The summed E-state index contributed by atoms with van der Waals surface area (Å²) < 4.78 is 11.6. The van der Waals surface area contributed by atoms with Gasteiger partial charge in [0.05, 0.1) is 18.8 Å². The Kier molecular flexibility index (Phi) is 2.84. The fourth-order valence-corrected chi connectivity index (χ4v) is 2.92. The first-order chi connectivity index (χ1) is 8.68. The van der Waals surface area contributed by atoms with Crippen molar-refractivity contribution in [1.29, 1.82) is 0 Å². The van der Waals surface area contributed by atoms with Crippen molar-refractivity contribution in [2.24, 2.45) is 5.41 Å². The molecule has 0 aliphatic carbocycles. The number of carbonyl (C=O) groups excluding carboxylic acids is 1. The zero-order chi connectivity index (χ0) is 12.6. The Bertz CT molecular complexity index is 583. The van der Waals surface area contributed by atoms with Crippen molar-refractivity contribution in [3.05, 3.63) is 35.2 Å². The molecule has 0 unspecified atom stereocenters. The Morgan fingerprint density at radius 2 is 2.22 bits per heavy atom. The summed E-state index contributed by atoms with van der Waals surface area (Å²) in [5.74, 6) is -0.236. The first-order valence-corrected chi connectivity index (χ1v) is 6.77. The summed E-state index contributed by atoms with van der Waals surface area (Å²) in [7, 11) is 0. The summed E-state index contributed by atoms with van der Waals surface area (Å²) in [6, 6.07) is 7.88. The molecule has 0 saturated carbocycles. The van der Waals surface area contributed by atoms with E-state index in [4.69, 9.17) is 9.47 Å². The topological polar surface area (TPSA) is 35.5 Å². The Labute approximate surface area is 109 Å². The maximum Gasteiger partial charge on any atom is 0.339 e. The lowest BCUT2D eigenvalue weighted by molar-refractivity contribution is -0.127. The molecule has 94 valence electrons. The van der Waals surface area contributed by atoms with Crippen LogP contribution in [-0.2, 0) is 9.47 Å². The lowest BCUT2D eigenvalue weighted by Crippen LogP contribution is -2.44. The van der Waals surface area contributed by atoms with Gasteiger partial charge in [-0.3, -0.25) is 0 Å². The van der Waals surface area contributed by atoms with Crippen LogP contribution in [0.4, 0.5) is 0 Å². The van der Waals surface area contributed by atoms with E-state index in [1.54, 1.807) is 11.3 Å². The molecule has 4 heteroatoms. The molecule has 18 heavy (non-hydrogen) atoms. The van der Waals surface area contributed by atoms with Gasteiger partial charge in [0.2, 0.25) is 0 Å². The van der Waals surface area contributed by atoms with E-state index < -0.39 is 0 Å². The second-order valence-electron chi connectivity index (χ2n) is 5.03. The van der Waals surface area contributed by atoms with Crippen LogP contribution in [-0.4, -0.2) is 25.8 Å². The predicted octanol–water partition coefficient (Wildman–Crippen LogP) is 3.09. The van der Waals surface area contributed by atoms with Crippen LogP contribution >= 0.6 is 11.3 Å². The minimum absolute atomic E-state index is 0.00147. The molecule has 0 radical (unpaired) electrons. The molecular weight excluding hydrogens is 248 g/mol. The maximum atomic E-state index is 12.1. The van der Waals surface area contributed by atoms with Crippen LogP contribution < -0.4 is 0 Å². The summed E-state index contributed by atoms with van der Waals surface area (Å²) in [6.45, 7) is 3.83. The molecule has 3 nitrogen and oxygen atoms in total. The number of esters is 1. The van der Waals surface area contributed by atoms with Gasteiger partial charge in [-0.05, 0) is 6.07 Å². The average molecular weight is 262 g/mol. The molecule has 0 atom stereocenters. The zero-order valence-corrected chi connectivity index (χ0v) is 11.0. The van der Waals surface area contributed by atoms with E-state index in [1.165, 1.54) is 0 Å². The van der Waals surface area contributed by atoms with Gasteiger partial charge in [0.25, 0.3) is 0 Å². The van der Waals surface area contributed by atoms with Gasteiger partial charge in [0, 0.05) is 20.9 Å². The first kappa shape index (κ1) is 11.7. The average Bonchev–Trinajstić information content (AvgIpc) is 2.77. The smallest absolute Gasteiger partial charge is 0.339 e. The maximum absolute atomic E-state index is 12.1. The van der Waals surface area contributed by atoms with Crippen LogP contribution in [0.15, 0.2) is 29.6 Å². The number of benzene rings is 1. The van der Waals surface area contributed by atoms with Crippen molar-refractivity contribution in [3.63, 3.8) is 0 Å². The minimum atomic E-state index is -0.236. The van der Waals surface area contributed by atoms with E-state index in [0.717, 1.165) is 10.1 Å². The van der Waals surface area contributed by atoms with Crippen molar-refractivity contribution in [1.82, 2.24) is 0 Å². The Morgan fingerprint density at radius 3 is 2.94 bits per heavy atom.